The van der Waals surface area contributed by atoms with Gasteiger partial charge in [0.25, 0.3) is 0 Å². The van der Waals surface area contributed by atoms with Crippen LogP contribution in [0.5, 0.6) is 0 Å². The van der Waals surface area contributed by atoms with E-state index in [2.05, 4.69) is 16.5 Å². The number of rotatable bonds is 1. The van der Waals surface area contributed by atoms with E-state index < -0.39 is 0 Å². The van der Waals surface area contributed by atoms with Crippen molar-refractivity contribution in [2.24, 2.45) is 4.99 Å². The highest BCUT2D eigenvalue weighted by atomic mass is 15.1. The first-order chi connectivity index (χ1) is 5.40. The fraction of sp³-hybridized carbons (Fsp3) is 0.444. The third-order valence-electron chi connectivity index (χ3n) is 2.27. The van der Waals surface area contributed by atoms with E-state index in [1.807, 2.05) is 12.4 Å². The number of dihydropyridines is 1. The van der Waals surface area contributed by atoms with Crippen molar-refractivity contribution >= 4 is 6.21 Å². The summed E-state index contributed by atoms with van der Waals surface area (Å²) in [6, 6.07) is 0. The lowest BCUT2D eigenvalue weighted by Gasteiger charge is -2.10. The Labute approximate surface area is 66.9 Å². The Kier molecular flexibility index (Phi) is 1.53. The van der Waals surface area contributed by atoms with Gasteiger partial charge >= 0.3 is 0 Å². The van der Waals surface area contributed by atoms with Gasteiger partial charge in [-0.05, 0) is 23.8 Å². The summed E-state index contributed by atoms with van der Waals surface area (Å²) in [6.45, 7) is 6.82. The molecule has 11 heavy (non-hydrogen) atoms. The first-order valence-corrected chi connectivity index (χ1v) is 3.97. The first kappa shape index (κ1) is 6.65. The number of nitrogens with zero attached hydrogens (tertiary/aromatic N) is 2. The molecule has 0 radical (unpaired) electrons. The maximum Gasteiger partial charge on any atom is 0.0442 e. The van der Waals surface area contributed by atoms with Gasteiger partial charge < -0.3 is 4.90 Å². The van der Waals surface area contributed by atoms with Crippen molar-refractivity contribution in [3.8, 4) is 0 Å². The minimum atomic E-state index is 0.976. The minimum Gasteiger partial charge on any atom is -0.370 e. The highest BCUT2D eigenvalue weighted by Crippen LogP contribution is 2.21. The van der Waals surface area contributed by atoms with Gasteiger partial charge in [-0.1, -0.05) is 6.58 Å². The number of aliphatic imine (C=N–C) groups is 1. The van der Waals surface area contributed by atoms with Crippen LogP contribution in [-0.4, -0.2) is 30.7 Å². The van der Waals surface area contributed by atoms with E-state index in [4.69, 9.17) is 0 Å². The van der Waals surface area contributed by atoms with Crippen LogP contribution in [-0.2, 0) is 0 Å². The number of hydrogen-bond donors (Lipinski definition) is 0. The van der Waals surface area contributed by atoms with E-state index in [0.717, 1.165) is 26.1 Å². The normalized spacial score (nSPS) is 22.4. The van der Waals surface area contributed by atoms with Gasteiger partial charge in [0.2, 0.25) is 0 Å². The van der Waals surface area contributed by atoms with Gasteiger partial charge in [0.05, 0.1) is 0 Å². The second-order valence-electron chi connectivity index (χ2n) is 3.00. The summed E-state index contributed by atoms with van der Waals surface area (Å²) in [6.07, 6.45) is 5.07. The summed E-state index contributed by atoms with van der Waals surface area (Å²) in [7, 11) is 0. The Morgan fingerprint density at radius 3 is 3.18 bits per heavy atom. The molecule has 2 aliphatic rings. The molecule has 2 heterocycles. The third kappa shape index (κ3) is 1.09. The molecule has 0 spiro atoms. The average Bonchev–Trinajstić information content (AvgIpc) is 2.46. The molecule has 0 unspecified atom stereocenters. The van der Waals surface area contributed by atoms with Crippen molar-refractivity contribution in [3.05, 3.63) is 23.9 Å². The Balaban J connectivity index is 2.16. The van der Waals surface area contributed by atoms with Crippen LogP contribution in [0.3, 0.4) is 0 Å². The van der Waals surface area contributed by atoms with Crippen molar-refractivity contribution < 1.29 is 0 Å². The van der Waals surface area contributed by atoms with Crippen molar-refractivity contribution in [2.75, 3.05) is 19.6 Å². The Bertz CT molecular complexity index is 238. The molecule has 2 rings (SSSR count). The van der Waals surface area contributed by atoms with Gasteiger partial charge in [0.15, 0.2) is 0 Å². The molecule has 2 heteroatoms. The fourth-order valence-electron chi connectivity index (χ4n) is 1.61. The molecule has 2 aliphatic heterocycles. The standard InChI is InChI=1S/C9H12N2/c1-2-11-6-8-3-4-10-5-9(8)7-11/h2,5H,1,3-4,6-7H2. The molecule has 2 nitrogen and oxygen atoms in total. The van der Waals surface area contributed by atoms with Crippen LogP contribution >= 0.6 is 0 Å². The van der Waals surface area contributed by atoms with Crippen molar-refractivity contribution in [1.29, 1.82) is 0 Å². The largest absolute Gasteiger partial charge is 0.370 e. The molecule has 0 aromatic heterocycles. The lowest BCUT2D eigenvalue weighted by molar-refractivity contribution is 0.477. The van der Waals surface area contributed by atoms with Crippen LogP contribution in [0.15, 0.2) is 28.9 Å². The zero-order valence-electron chi connectivity index (χ0n) is 6.58. The monoisotopic (exact) mass is 148 g/mol. The van der Waals surface area contributed by atoms with E-state index in [1.54, 1.807) is 5.57 Å². The van der Waals surface area contributed by atoms with Crippen LogP contribution < -0.4 is 0 Å². The lowest BCUT2D eigenvalue weighted by Crippen LogP contribution is -2.13. The Morgan fingerprint density at radius 1 is 1.55 bits per heavy atom. The summed E-state index contributed by atoms with van der Waals surface area (Å²) in [5.74, 6) is 0. The SMILES string of the molecule is C=CN1CC2=C(CCN=C2)C1. The predicted octanol–water partition coefficient (Wildman–Crippen LogP) is 1.22. The summed E-state index contributed by atoms with van der Waals surface area (Å²) < 4.78 is 0. The van der Waals surface area contributed by atoms with Crippen LogP contribution in [0, 0.1) is 0 Å². The van der Waals surface area contributed by atoms with E-state index >= 15 is 0 Å². The molecular formula is C9H12N2. The van der Waals surface area contributed by atoms with E-state index in [9.17, 15) is 0 Å². The summed E-state index contributed by atoms with van der Waals surface area (Å²) >= 11 is 0. The lowest BCUT2D eigenvalue weighted by atomic mass is 10.1. The van der Waals surface area contributed by atoms with Gasteiger partial charge in [-0.25, -0.2) is 0 Å². The first-order valence-electron chi connectivity index (χ1n) is 3.97. The van der Waals surface area contributed by atoms with Gasteiger partial charge in [-0.15, -0.1) is 0 Å². The van der Waals surface area contributed by atoms with Crippen LogP contribution in [0.25, 0.3) is 0 Å². The van der Waals surface area contributed by atoms with Gasteiger partial charge in [-0.2, -0.15) is 0 Å². The molecular weight excluding hydrogens is 136 g/mol. The predicted molar refractivity (Wildman–Crippen MR) is 46.8 cm³/mol. The van der Waals surface area contributed by atoms with Gasteiger partial charge in [0, 0.05) is 25.8 Å². The maximum absolute atomic E-state index is 4.24. The van der Waals surface area contributed by atoms with E-state index in [-0.39, 0.29) is 0 Å². The Morgan fingerprint density at radius 2 is 2.45 bits per heavy atom. The molecule has 0 atom stereocenters. The molecule has 0 saturated heterocycles. The molecule has 58 valence electrons. The molecule has 0 aromatic rings. The van der Waals surface area contributed by atoms with Crippen molar-refractivity contribution in [1.82, 2.24) is 4.90 Å². The molecule has 0 N–H and O–H groups in total. The molecule has 0 saturated carbocycles. The average molecular weight is 148 g/mol. The summed E-state index contributed by atoms with van der Waals surface area (Å²) in [5, 5.41) is 0. The van der Waals surface area contributed by atoms with E-state index in [0.29, 0.717) is 0 Å². The molecule has 0 aliphatic carbocycles. The second-order valence-corrected chi connectivity index (χ2v) is 3.00. The van der Waals surface area contributed by atoms with Crippen LogP contribution in [0.2, 0.25) is 0 Å². The Hall–Kier alpha value is -1.05. The smallest absolute Gasteiger partial charge is 0.0442 e. The summed E-state index contributed by atoms with van der Waals surface area (Å²) in [5.41, 5.74) is 2.97. The minimum absolute atomic E-state index is 0.976. The van der Waals surface area contributed by atoms with E-state index in [1.165, 1.54) is 5.57 Å². The van der Waals surface area contributed by atoms with Gasteiger partial charge in [0.1, 0.15) is 0 Å². The number of hydrogen-bond acceptors (Lipinski definition) is 2. The maximum atomic E-state index is 4.24. The zero-order valence-corrected chi connectivity index (χ0v) is 6.58. The molecule has 0 bridgehead atoms. The second kappa shape index (κ2) is 2.53. The van der Waals surface area contributed by atoms with Crippen molar-refractivity contribution in [3.63, 3.8) is 0 Å². The molecule has 0 amide bonds. The van der Waals surface area contributed by atoms with Crippen molar-refractivity contribution in [2.45, 2.75) is 6.42 Å². The summed E-state index contributed by atoms with van der Waals surface area (Å²) in [4.78, 5) is 6.47. The molecule has 0 fully saturated rings. The zero-order chi connectivity index (χ0) is 7.68. The van der Waals surface area contributed by atoms with Crippen LogP contribution in [0.4, 0.5) is 0 Å². The highest BCUT2D eigenvalue weighted by molar-refractivity contribution is 5.82. The topological polar surface area (TPSA) is 15.6 Å². The highest BCUT2D eigenvalue weighted by Gasteiger charge is 2.18. The molecule has 0 aromatic carbocycles. The quantitative estimate of drug-likeness (QED) is 0.546. The van der Waals surface area contributed by atoms with Gasteiger partial charge in [-0.3, -0.25) is 4.99 Å². The van der Waals surface area contributed by atoms with Crippen LogP contribution in [0.1, 0.15) is 6.42 Å². The fourth-order valence-corrected chi connectivity index (χ4v) is 1.61. The third-order valence-corrected chi connectivity index (χ3v) is 2.27.